The highest BCUT2D eigenvalue weighted by atomic mass is 19.3. The summed E-state index contributed by atoms with van der Waals surface area (Å²) in [5, 5.41) is 0. The van der Waals surface area contributed by atoms with E-state index in [1.165, 1.54) is 11.9 Å². The van der Waals surface area contributed by atoms with Gasteiger partial charge in [0.1, 0.15) is 0 Å². The van der Waals surface area contributed by atoms with Crippen molar-refractivity contribution in [1.82, 2.24) is 4.90 Å². The molecule has 0 atom stereocenters. The zero-order chi connectivity index (χ0) is 8.48. The minimum atomic E-state index is -2.59. The third-order valence-electron chi connectivity index (χ3n) is 1.72. The number of likely N-dealkylation sites (tertiary alicyclic amines) is 1. The molecule has 0 aromatic rings. The van der Waals surface area contributed by atoms with Crippen LogP contribution in [0.4, 0.5) is 8.78 Å². The van der Waals surface area contributed by atoms with Crippen LogP contribution in [0, 0.1) is 0 Å². The van der Waals surface area contributed by atoms with Crippen molar-refractivity contribution >= 4 is 5.96 Å². The van der Waals surface area contributed by atoms with Crippen molar-refractivity contribution in [2.75, 3.05) is 20.1 Å². The third kappa shape index (κ3) is 1.78. The number of aliphatic imine (C=N–C) groups is 1. The second kappa shape index (κ2) is 2.64. The van der Waals surface area contributed by atoms with E-state index in [9.17, 15) is 8.78 Å². The van der Waals surface area contributed by atoms with Gasteiger partial charge in [-0.3, -0.25) is 4.99 Å². The van der Waals surface area contributed by atoms with E-state index in [0.717, 1.165) is 0 Å². The predicted octanol–water partition coefficient (Wildman–Crippen LogP) is 0.272. The Kier molecular flexibility index (Phi) is 1.97. The van der Waals surface area contributed by atoms with Crippen LogP contribution >= 0.6 is 0 Å². The summed E-state index contributed by atoms with van der Waals surface area (Å²) in [6.45, 7) is 0.00630. The molecule has 0 saturated carbocycles. The number of guanidine groups is 1. The maximum atomic E-state index is 12.5. The fourth-order valence-corrected chi connectivity index (χ4v) is 1.07. The molecule has 11 heavy (non-hydrogen) atoms. The van der Waals surface area contributed by atoms with Crippen LogP contribution in [0.25, 0.3) is 0 Å². The second-order valence-corrected chi connectivity index (χ2v) is 2.61. The average molecular weight is 163 g/mol. The van der Waals surface area contributed by atoms with Gasteiger partial charge in [0.05, 0.1) is 6.54 Å². The number of rotatable bonds is 0. The molecule has 0 amide bonds. The Bertz CT molecular complexity index is 179. The van der Waals surface area contributed by atoms with Crippen molar-refractivity contribution < 1.29 is 8.78 Å². The van der Waals surface area contributed by atoms with E-state index in [1.54, 1.807) is 0 Å². The molecule has 1 heterocycles. The summed E-state index contributed by atoms with van der Waals surface area (Å²) in [5.41, 5.74) is 5.34. The lowest BCUT2D eigenvalue weighted by molar-refractivity contribution is 0.0175. The first-order chi connectivity index (χ1) is 5.05. The van der Waals surface area contributed by atoms with Gasteiger partial charge >= 0.3 is 0 Å². The summed E-state index contributed by atoms with van der Waals surface area (Å²) in [7, 11) is 1.49. The van der Waals surface area contributed by atoms with Gasteiger partial charge < -0.3 is 10.6 Å². The highest BCUT2D eigenvalue weighted by Crippen LogP contribution is 2.26. The Hall–Kier alpha value is -0.870. The molecule has 64 valence electrons. The normalized spacial score (nSPS) is 24.3. The van der Waals surface area contributed by atoms with Crippen LogP contribution in [0.3, 0.4) is 0 Å². The first-order valence-electron chi connectivity index (χ1n) is 3.40. The van der Waals surface area contributed by atoms with Crippen LogP contribution < -0.4 is 5.73 Å². The van der Waals surface area contributed by atoms with Gasteiger partial charge in [-0.05, 0) is 0 Å². The first-order valence-corrected chi connectivity index (χ1v) is 3.40. The minimum absolute atomic E-state index is 0.122. The Balaban J connectivity index is 2.55. The van der Waals surface area contributed by atoms with Gasteiger partial charge in [-0.1, -0.05) is 0 Å². The lowest BCUT2D eigenvalue weighted by Crippen LogP contribution is -2.36. The molecule has 0 aromatic heterocycles. The number of nitrogens with zero attached hydrogens (tertiary/aromatic N) is 2. The van der Waals surface area contributed by atoms with E-state index in [1.807, 2.05) is 0 Å². The van der Waals surface area contributed by atoms with Crippen LogP contribution in [-0.2, 0) is 0 Å². The lowest BCUT2D eigenvalue weighted by atomic mass is 10.3. The number of hydrogen-bond acceptors (Lipinski definition) is 1. The largest absolute Gasteiger partial charge is 0.370 e. The van der Waals surface area contributed by atoms with E-state index >= 15 is 0 Å². The molecule has 0 bridgehead atoms. The molecule has 3 nitrogen and oxygen atoms in total. The smallest absolute Gasteiger partial charge is 0.267 e. The predicted molar refractivity (Wildman–Crippen MR) is 38.7 cm³/mol. The Labute approximate surface area is 63.9 Å². The molecule has 0 spiro atoms. The average Bonchev–Trinajstić information content (AvgIpc) is 2.29. The van der Waals surface area contributed by atoms with Gasteiger partial charge in [0.2, 0.25) is 0 Å². The molecular weight excluding hydrogens is 152 g/mol. The highest BCUT2D eigenvalue weighted by molar-refractivity contribution is 5.78. The molecule has 1 aliphatic heterocycles. The van der Waals surface area contributed by atoms with Crippen LogP contribution in [0.5, 0.6) is 0 Å². The van der Waals surface area contributed by atoms with E-state index < -0.39 is 5.92 Å². The number of nitrogens with two attached hydrogens (primary N) is 1. The maximum Gasteiger partial charge on any atom is 0.267 e. The van der Waals surface area contributed by atoms with Crippen molar-refractivity contribution in [2.24, 2.45) is 10.7 Å². The van der Waals surface area contributed by atoms with Gasteiger partial charge in [-0.15, -0.1) is 0 Å². The van der Waals surface area contributed by atoms with Gasteiger partial charge in [-0.25, -0.2) is 8.78 Å². The Morgan fingerprint density at radius 3 is 2.64 bits per heavy atom. The van der Waals surface area contributed by atoms with E-state index in [2.05, 4.69) is 4.99 Å². The highest BCUT2D eigenvalue weighted by Gasteiger charge is 2.38. The Morgan fingerprint density at radius 2 is 2.27 bits per heavy atom. The second-order valence-electron chi connectivity index (χ2n) is 2.61. The van der Waals surface area contributed by atoms with E-state index in [0.29, 0.717) is 6.54 Å². The summed E-state index contributed by atoms with van der Waals surface area (Å²) < 4.78 is 25.1. The third-order valence-corrected chi connectivity index (χ3v) is 1.72. The minimum Gasteiger partial charge on any atom is -0.370 e. The molecule has 1 fully saturated rings. The van der Waals surface area contributed by atoms with E-state index in [-0.39, 0.29) is 18.9 Å². The van der Waals surface area contributed by atoms with Crippen molar-refractivity contribution in [3.63, 3.8) is 0 Å². The zero-order valence-corrected chi connectivity index (χ0v) is 6.35. The van der Waals surface area contributed by atoms with Gasteiger partial charge in [0.15, 0.2) is 5.96 Å². The van der Waals surface area contributed by atoms with Crippen LogP contribution in [0.2, 0.25) is 0 Å². The Morgan fingerprint density at radius 1 is 1.64 bits per heavy atom. The summed E-state index contributed by atoms with van der Waals surface area (Å²) in [5.74, 6) is -2.39. The zero-order valence-electron chi connectivity index (χ0n) is 6.35. The summed E-state index contributed by atoms with van der Waals surface area (Å²) in [6.07, 6.45) is -0.122. The van der Waals surface area contributed by atoms with Crippen LogP contribution in [-0.4, -0.2) is 36.9 Å². The molecule has 0 aliphatic carbocycles. The fourth-order valence-electron chi connectivity index (χ4n) is 1.07. The molecule has 1 saturated heterocycles. The van der Waals surface area contributed by atoms with Crippen molar-refractivity contribution in [3.05, 3.63) is 0 Å². The fraction of sp³-hybridized carbons (Fsp3) is 0.833. The lowest BCUT2D eigenvalue weighted by Gasteiger charge is -2.15. The monoisotopic (exact) mass is 163 g/mol. The van der Waals surface area contributed by atoms with Gasteiger partial charge in [0, 0.05) is 20.0 Å². The summed E-state index contributed by atoms with van der Waals surface area (Å²) in [4.78, 5) is 5.01. The summed E-state index contributed by atoms with van der Waals surface area (Å²) >= 11 is 0. The molecular formula is C6H11F2N3. The van der Waals surface area contributed by atoms with E-state index in [4.69, 9.17) is 5.73 Å². The molecule has 0 radical (unpaired) electrons. The molecule has 2 N–H and O–H groups in total. The number of halogens is 2. The molecule has 1 aliphatic rings. The van der Waals surface area contributed by atoms with Gasteiger partial charge in [-0.2, -0.15) is 0 Å². The summed E-state index contributed by atoms with van der Waals surface area (Å²) in [6, 6.07) is 0. The first kappa shape index (κ1) is 8.23. The van der Waals surface area contributed by atoms with Crippen molar-refractivity contribution in [1.29, 1.82) is 0 Å². The molecule has 5 heteroatoms. The van der Waals surface area contributed by atoms with Crippen LogP contribution in [0.1, 0.15) is 6.42 Å². The number of alkyl halides is 2. The molecule has 0 unspecified atom stereocenters. The topological polar surface area (TPSA) is 41.6 Å². The molecule has 0 aromatic carbocycles. The van der Waals surface area contributed by atoms with Crippen molar-refractivity contribution in [2.45, 2.75) is 12.3 Å². The maximum absolute atomic E-state index is 12.5. The quantitative estimate of drug-likeness (QED) is 0.411. The van der Waals surface area contributed by atoms with Crippen LogP contribution in [0.15, 0.2) is 4.99 Å². The van der Waals surface area contributed by atoms with Gasteiger partial charge in [0.25, 0.3) is 5.92 Å². The molecule has 1 rings (SSSR count). The number of hydrogen-bond donors (Lipinski definition) is 1. The SMILES string of the molecule is CN=C(N)N1CCC(F)(F)C1. The van der Waals surface area contributed by atoms with Crippen molar-refractivity contribution in [3.8, 4) is 0 Å². The standard InChI is InChI=1S/C6H11F2N3/c1-10-5(9)11-3-2-6(7,8)4-11/h2-4H2,1H3,(H2,9,10).